The Balaban J connectivity index is 2.12. The fraction of sp³-hybridized carbons (Fsp3) is 0.500. The average molecular weight is 265 g/mol. The molecule has 2 rings (SSSR count). The maximum atomic E-state index is 11.1. The molecule has 1 aromatic rings. The predicted octanol–water partition coefficient (Wildman–Crippen LogP) is 1.70. The summed E-state index contributed by atoms with van der Waals surface area (Å²) in [6.45, 7) is 3.19. The molecule has 2 atom stereocenters. The number of para-hydroxylation sites is 1. The molecule has 1 heterocycles. The van der Waals surface area contributed by atoms with Gasteiger partial charge in [0.1, 0.15) is 0 Å². The van der Waals surface area contributed by atoms with Crippen molar-refractivity contribution < 1.29 is 19.7 Å². The zero-order valence-electron chi connectivity index (χ0n) is 11.2. The van der Waals surface area contributed by atoms with Crippen LogP contribution in [0.5, 0.6) is 11.5 Å². The summed E-state index contributed by atoms with van der Waals surface area (Å²) in [5.41, 5.74) is 0.761. The van der Waals surface area contributed by atoms with E-state index in [0.29, 0.717) is 18.7 Å². The van der Waals surface area contributed by atoms with Gasteiger partial charge in [-0.3, -0.25) is 9.69 Å². The molecule has 0 saturated carbocycles. The van der Waals surface area contributed by atoms with E-state index in [-0.39, 0.29) is 17.7 Å². The lowest BCUT2D eigenvalue weighted by atomic mass is 10.0. The molecule has 0 aliphatic carbocycles. The fourth-order valence-corrected chi connectivity index (χ4v) is 2.64. The summed E-state index contributed by atoms with van der Waals surface area (Å²) in [4.78, 5) is 13.2. The Morgan fingerprint density at radius 3 is 2.84 bits per heavy atom. The third kappa shape index (κ3) is 2.66. The number of aliphatic carboxylic acids is 1. The molecular formula is C14H19NO4. The van der Waals surface area contributed by atoms with Crippen LogP contribution >= 0.6 is 0 Å². The summed E-state index contributed by atoms with van der Waals surface area (Å²) in [7, 11) is 1.51. The van der Waals surface area contributed by atoms with Crippen molar-refractivity contribution in [3.63, 3.8) is 0 Å². The molecule has 2 unspecified atom stereocenters. The standard InChI is InChI=1S/C14H19NO4/c1-9-11(14(17)18)6-7-15(9)8-10-4-3-5-12(19-2)13(10)16/h3-5,9,11,16H,6-8H2,1-2H3,(H,17,18). The van der Waals surface area contributed by atoms with Crippen LogP contribution in [0.4, 0.5) is 0 Å². The van der Waals surface area contributed by atoms with Gasteiger partial charge in [0.15, 0.2) is 11.5 Å². The molecule has 5 nitrogen and oxygen atoms in total. The minimum absolute atomic E-state index is 0.0249. The monoisotopic (exact) mass is 265 g/mol. The van der Waals surface area contributed by atoms with E-state index in [9.17, 15) is 9.90 Å². The highest BCUT2D eigenvalue weighted by atomic mass is 16.5. The van der Waals surface area contributed by atoms with Crippen LogP contribution < -0.4 is 4.74 Å². The van der Waals surface area contributed by atoms with Gasteiger partial charge in [0, 0.05) is 18.2 Å². The Labute approximate surface area is 112 Å². The summed E-state index contributed by atoms with van der Waals surface area (Å²) >= 11 is 0. The summed E-state index contributed by atoms with van der Waals surface area (Å²) in [6.07, 6.45) is 0.654. The number of ether oxygens (including phenoxy) is 1. The molecule has 2 N–H and O–H groups in total. The van der Waals surface area contributed by atoms with Gasteiger partial charge < -0.3 is 14.9 Å². The number of rotatable bonds is 4. The summed E-state index contributed by atoms with van der Waals surface area (Å²) in [5, 5.41) is 19.2. The van der Waals surface area contributed by atoms with Crippen molar-refractivity contribution in [1.29, 1.82) is 0 Å². The maximum Gasteiger partial charge on any atom is 0.308 e. The van der Waals surface area contributed by atoms with Crippen molar-refractivity contribution in [1.82, 2.24) is 4.90 Å². The SMILES string of the molecule is COc1cccc(CN2CCC(C(=O)O)C2C)c1O. The number of hydrogen-bond acceptors (Lipinski definition) is 4. The molecule has 0 aromatic heterocycles. The van der Waals surface area contributed by atoms with Crippen LogP contribution in [0.1, 0.15) is 18.9 Å². The Bertz CT molecular complexity index is 475. The van der Waals surface area contributed by atoms with E-state index in [1.54, 1.807) is 6.07 Å². The summed E-state index contributed by atoms with van der Waals surface area (Å²) in [6, 6.07) is 5.33. The molecule has 0 amide bonds. The van der Waals surface area contributed by atoms with Gasteiger partial charge in [0.25, 0.3) is 0 Å². The summed E-state index contributed by atoms with van der Waals surface area (Å²) in [5.74, 6) is -0.493. The number of carboxylic acid groups (broad SMARTS) is 1. The fourth-order valence-electron chi connectivity index (χ4n) is 2.64. The van der Waals surface area contributed by atoms with Gasteiger partial charge in [0.2, 0.25) is 0 Å². The van der Waals surface area contributed by atoms with Gasteiger partial charge in [-0.15, -0.1) is 0 Å². The van der Waals surface area contributed by atoms with E-state index in [2.05, 4.69) is 4.90 Å². The van der Waals surface area contributed by atoms with E-state index in [4.69, 9.17) is 9.84 Å². The largest absolute Gasteiger partial charge is 0.504 e. The quantitative estimate of drug-likeness (QED) is 0.867. The number of carbonyl (C=O) groups is 1. The van der Waals surface area contributed by atoms with Crippen molar-refractivity contribution in [3.8, 4) is 11.5 Å². The molecule has 0 bridgehead atoms. The lowest BCUT2D eigenvalue weighted by molar-refractivity contribution is -0.142. The average Bonchev–Trinajstić information content (AvgIpc) is 2.74. The van der Waals surface area contributed by atoms with E-state index >= 15 is 0 Å². The van der Waals surface area contributed by atoms with Crippen LogP contribution in [-0.2, 0) is 11.3 Å². The van der Waals surface area contributed by atoms with Gasteiger partial charge in [0.05, 0.1) is 13.0 Å². The number of hydrogen-bond donors (Lipinski definition) is 2. The number of likely N-dealkylation sites (tertiary alicyclic amines) is 1. The lowest BCUT2D eigenvalue weighted by Gasteiger charge is -2.23. The highest BCUT2D eigenvalue weighted by molar-refractivity contribution is 5.71. The molecule has 19 heavy (non-hydrogen) atoms. The van der Waals surface area contributed by atoms with Gasteiger partial charge in [-0.2, -0.15) is 0 Å². The molecule has 0 radical (unpaired) electrons. The zero-order valence-corrected chi connectivity index (χ0v) is 11.2. The first-order valence-corrected chi connectivity index (χ1v) is 6.36. The van der Waals surface area contributed by atoms with E-state index in [0.717, 1.165) is 12.1 Å². The summed E-state index contributed by atoms with van der Waals surface area (Å²) < 4.78 is 5.07. The smallest absolute Gasteiger partial charge is 0.308 e. The lowest BCUT2D eigenvalue weighted by Crippen LogP contribution is -2.32. The van der Waals surface area contributed by atoms with Crippen molar-refractivity contribution in [2.24, 2.45) is 5.92 Å². The van der Waals surface area contributed by atoms with Crippen LogP contribution in [0.15, 0.2) is 18.2 Å². The van der Waals surface area contributed by atoms with E-state index in [1.165, 1.54) is 7.11 Å². The molecule has 1 aliphatic heterocycles. The Morgan fingerprint density at radius 1 is 1.53 bits per heavy atom. The van der Waals surface area contributed by atoms with E-state index < -0.39 is 5.97 Å². The molecule has 104 valence electrons. The zero-order chi connectivity index (χ0) is 14.0. The topological polar surface area (TPSA) is 70.0 Å². The highest BCUT2D eigenvalue weighted by Crippen LogP contribution is 2.33. The van der Waals surface area contributed by atoms with Crippen LogP contribution in [0.2, 0.25) is 0 Å². The number of carboxylic acids is 1. The minimum atomic E-state index is -0.745. The van der Waals surface area contributed by atoms with Crippen molar-refractivity contribution >= 4 is 5.97 Å². The van der Waals surface area contributed by atoms with Crippen molar-refractivity contribution in [2.45, 2.75) is 25.9 Å². The number of benzene rings is 1. The Morgan fingerprint density at radius 2 is 2.26 bits per heavy atom. The maximum absolute atomic E-state index is 11.1. The second-order valence-corrected chi connectivity index (χ2v) is 4.91. The number of phenols is 1. The first kappa shape index (κ1) is 13.7. The van der Waals surface area contributed by atoms with Gasteiger partial charge in [-0.25, -0.2) is 0 Å². The van der Waals surface area contributed by atoms with Crippen molar-refractivity contribution in [3.05, 3.63) is 23.8 Å². The predicted molar refractivity (Wildman–Crippen MR) is 70.3 cm³/mol. The molecule has 1 fully saturated rings. The van der Waals surface area contributed by atoms with Crippen LogP contribution in [-0.4, -0.2) is 40.8 Å². The third-order valence-electron chi connectivity index (χ3n) is 3.88. The van der Waals surface area contributed by atoms with Crippen LogP contribution in [0, 0.1) is 5.92 Å². The Hall–Kier alpha value is -1.75. The molecule has 1 aromatic carbocycles. The van der Waals surface area contributed by atoms with Gasteiger partial charge in [-0.1, -0.05) is 12.1 Å². The highest BCUT2D eigenvalue weighted by Gasteiger charge is 2.35. The van der Waals surface area contributed by atoms with Gasteiger partial charge in [-0.05, 0) is 26.0 Å². The second kappa shape index (κ2) is 5.48. The first-order chi connectivity index (χ1) is 9.04. The van der Waals surface area contributed by atoms with Crippen LogP contribution in [0.3, 0.4) is 0 Å². The number of nitrogens with zero attached hydrogens (tertiary/aromatic N) is 1. The minimum Gasteiger partial charge on any atom is -0.504 e. The van der Waals surface area contributed by atoms with Crippen LogP contribution in [0.25, 0.3) is 0 Å². The first-order valence-electron chi connectivity index (χ1n) is 6.36. The number of phenolic OH excluding ortho intramolecular Hbond substituents is 1. The number of methoxy groups -OCH3 is 1. The third-order valence-corrected chi connectivity index (χ3v) is 3.88. The van der Waals surface area contributed by atoms with E-state index in [1.807, 2.05) is 19.1 Å². The van der Waals surface area contributed by atoms with Gasteiger partial charge >= 0.3 is 5.97 Å². The normalized spacial score (nSPS) is 23.5. The molecule has 1 aliphatic rings. The number of aromatic hydroxyl groups is 1. The Kier molecular flexibility index (Phi) is 3.95. The molecule has 0 spiro atoms. The molecule has 5 heteroatoms. The van der Waals surface area contributed by atoms with Crippen molar-refractivity contribution in [2.75, 3.05) is 13.7 Å². The second-order valence-electron chi connectivity index (χ2n) is 4.91. The molecule has 1 saturated heterocycles. The molecular weight excluding hydrogens is 246 g/mol.